The van der Waals surface area contributed by atoms with Crippen LogP contribution >= 0.6 is 0 Å². The first-order valence-electron chi connectivity index (χ1n) is 8.41. The molecule has 10 heteroatoms. The van der Waals surface area contributed by atoms with Gasteiger partial charge in [0.05, 0.1) is 10.6 Å². The molecule has 0 saturated carbocycles. The Labute approximate surface area is 163 Å². The standard InChI is InChI=1S/C18H20N2O6S2/c1-11(2)12-4-6-13(7-5-12)20-28(24,25)16-9-14(27(3,22)23)8-15-18(16)26-10-17(21)19-15/h4-9,11,20H,10H2,1-3H3,(H,19,21). The Balaban J connectivity index is 2.07. The second-order valence-electron chi connectivity index (χ2n) is 6.79. The molecule has 1 amide bonds. The van der Waals surface area contributed by atoms with Crippen molar-refractivity contribution in [3.63, 3.8) is 0 Å². The van der Waals surface area contributed by atoms with E-state index in [1.807, 2.05) is 26.0 Å². The van der Waals surface area contributed by atoms with E-state index < -0.39 is 25.8 Å². The summed E-state index contributed by atoms with van der Waals surface area (Å²) in [5.41, 5.74) is 1.36. The summed E-state index contributed by atoms with van der Waals surface area (Å²) in [4.78, 5) is 11.0. The molecule has 2 aromatic rings. The number of nitrogens with one attached hydrogen (secondary N) is 2. The predicted octanol–water partition coefficient (Wildman–Crippen LogP) is 2.35. The molecule has 0 aliphatic carbocycles. The molecule has 0 aromatic heterocycles. The maximum absolute atomic E-state index is 13.0. The number of carbonyl (C=O) groups excluding carboxylic acids is 1. The van der Waals surface area contributed by atoms with Gasteiger partial charge < -0.3 is 10.1 Å². The number of amides is 1. The second-order valence-corrected chi connectivity index (χ2v) is 10.5. The first-order valence-corrected chi connectivity index (χ1v) is 11.8. The van der Waals surface area contributed by atoms with E-state index in [4.69, 9.17) is 4.74 Å². The van der Waals surface area contributed by atoms with Crippen LogP contribution in [0, 0.1) is 0 Å². The van der Waals surface area contributed by atoms with Crippen LogP contribution in [0.1, 0.15) is 25.3 Å². The van der Waals surface area contributed by atoms with Crippen LogP contribution in [0.3, 0.4) is 0 Å². The van der Waals surface area contributed by atoms with E-state index in [-0.39, 0.29) is 27.8 Å². The summed E-state index contributed by atoms with van der Waals surface area (Å²) < 4.78 is 57.6. The Bertz CT molecular complexity index is 1140. The highest BCUT2D eigenvalue weighted by atomic mass is 32.2. The van der Waals surface area contributed by atoms with Gasteiger partial charge in [-0.05, 0) is 35.7 Å². The quantitative estimate of drug-likeness (QED) is 0.760. The van der Waals surface area contributed by atoms with Gasteiger partial charge >= 0.3 is 0 Å². The molecule has 1 aliphatic rings. The van der Waals surface area contributed by atoms with E-state index in [9.17, 15) is 21.6 Å². The summed E-state index contributed by atoms with van der Waals surface area (Å²) in [6.07, 6.45) is 0.953. The first kappa shape index (κ1) is 20.2. The summed E-state index contributed by atoms with van der Waals surface area (Å²) in [6, 6.07) is 9.07. The molecule has 8 nitrogen and oxygen atoms in total. The summed E-state index contributed by atoms with van der Waals surface area (Å²) in [5.74, 6) is -0.307. The number of rotatable bonds is 5. The molecule has 3 rings (SSSR count). The zero-order valence-corrected chi connectivity index (χ0v) is 17.1. The van der Waals surface area contributed by atoms with Gasteiger partial charge in [0.25, 0.3) is 15.9 Å². The lowest BCUT2D eigenvalue weighted by Crippen LogP contribution is -2.27. The van der Waals surface area contributed by atoms with Crippen molar-refractivity contribution in [2.75, 3.05) is 22.9 Å². The summed E-state index contributed by atoms with van der Waals surface area (Å²) in [7, 11) is -7.90. The van der Waals surface area contributed by atoms with Crippen LogP contribution in [-0.2, 0) is 24.7 Å². The van der Waals surface area contributed by atoms with Gasteiger partial charge in [0.15, 0.2) is 22.2 Å². The topological polar surface area (TPSA) is 119 Å². The first-order chi connectivity index (χ1) is 13.0. The van der Waals surface area contributed by atoms with Crippen LogP contribution in [0.5, 0.6) is 5.75 Å². The van der Waals surface area contributed by atoms with Crippen molar-refractivity contribution in [3.05, 3.63) is 42.0 Å². The van der Waals surface area contributed by atoms with Gasteiger partial charge in [0.2, 0.25) is 0 Å². The zero-order chi connectivity index (χ0) is 20.7. The third-order valence-electron chi connectivity index (χ3n) is 4.20. The van der Waals surface area contributed by atoms with Gasteiger partial charge in [-0.3, -0.25) is 9.52 Å². The third-order valence-corrected chi connectivity index (χ3v) is 6.68. The molecule has 0 spiro atoms. The number of hydrogen-bond acceptors (Lipinski definition) is 6. The number of sulfonamides is 1. The number of carbonyl (C=O) groups is 1. The van der Waals surface area contributed by atoms with Crippen molar-refractivity contribution in [2.24, 2.45) is 0 Å². The molecule has 1 aliphatic heterocycles. The van der Waals surface area contributed by atoms with Crippen molar-refractivity contribution < 1.29 is 26.4 Å². The third kappa shape index (κ3) is 4.12. The van der Waals surface area contributed by atoms with Gasteiger partial charge in [0, 0.05) is 11.9 Å². The van der Waals surface area contributed by atoms with Crippen molar-refractivity contribution in [1.29, 1.82) is 0 Å². The SMILES string of the molecule is CC(C)c1ccc(NS(=O)(=O)c2cc(S(C)(=O)=O)cc3c2OCC(=O)N3)cc1. The Morgan fingerprint density at radius 2 is 1.71 bits per heavy atom. The molecule has 0 radical (unpaired) electrons. The van der Waals surface area contributed by atoms with Crippen LogP contribution in [0.15, 0.2) is 46.2 Å². The van der Waals surface area contributed by atoms with Crippen molar-refractivity contribution in [1.82, 2.24) is 0 Å². The van der Waals surface area contributed by atoms with Crippen LogP contribution in [-0.4, -0.2) is 35.6 Å². The second kappa shape index (κ2) is 7.10. The molecular formula is C18H20N2O6S2. The predicted molar refractivity (Wildman–Crippen MR) is 105 cm³/mol. The number of ether oxygens (including phenoxy) is 1. The summed E-state index contributed by atoms with van der Waals surface area (Å²) >= 11 is 0. The van der Waals surface area contributed by atoms with E-state index in [1.54, 1.807) is 12.1 Å². The van der Waals surface area contributed by atoms with E-state index in [0.717, 1.165) is 17.9 Å². The minimum atomic E-state index is -4.18. The molecule has 1 heterocycles. The van der Waals surface area contributed by atoms with Crippen LogP contribution in [0.25, 0.3) is 0 Å². The molecule has 0 bridgehead atoms. The van der Waals surface area contributed by atoms with Crippen molar-refractivity contribution in [2.45, 2.75) is 29.6 Å². The molecule has 0 unspecified atom stereocenters. The molecule has 150 valence electrons. The fourth-order valence-corrected chi connectivity index (χ4v) is 4.69. The zero-order valence-electron chi connectivity index (χ0n) is 15.5. The largest absolute Gasteiger partial charge is 0.480 e. The minimum Gasteiger partial charge on any atom is -0.480 e. The number of sulfone groups is 1. The van der Waals surface area contributed by atoms with Gasteiger partial charge in [-0.15, -0.1) is 0 Å². The molecule has 0 fully saturated rings. The highest BCUT2D eigenvalue weighted by Crippen LogP contribution is 2.38. The summed E-state index contributed by atoms with van der Waals surface area (Å²) in [5, 5.41) is 2.45. The number of fused-ring (bicyclic) bond motifs is 1. The van der Waals surface area contributed by atoms with Crippen LogP contribution in [0.4, 0.5) is 11.4 Å². The number of benzene rings is 2. The molecule has 2 aromatic carbocycles. The maximum atomic E-state index is 13.0. The Morgan fingerprint density at radius 3 is 2.29 bits per heavy atom. The highest BCUT2D eigenvalue weighted by molar-refractivity contribution is 7.93. The van der Waals surface area contributed by atoms with Gasteiger partial charge in [-0.2, -0.15) is 0 Å². The highest BCUT2D eigenvalue weighted by Gasteiger charge is 2.29. The molecule has 28 heavy (non-hydrogen) atoms. The van der Waals surface area contributed by atoms with Crippen molar-refractivity contribution in [3.8, 4) is 5.75 Å². The molecule has 2 N–H and O–H groups in total. The van der Waals surface area contributed by atoms with Gasteiger partial charge in [-0.1, -0.05) is 26.0 Å². The Hall–Kier alpha value is -2.59. The maximum Gasteiger partial charge on any atom is 0.265 e. The number of hydrogen-bond donors (Lipinski definition) is 2. The van der Waals surface area contributed by atoms with Crippen LogP contribution in [0.2, 0.25) is 0 Å². The fraction of sp³-hybridized carbons (Fsp3) is 0.278. The normalized spacial score (nSPS) is 14.2. The summed E-state index contributed by atoms with van der Waals surface area (Å²) in [6.45, 7) is 3.68. The van der Waals surface area contributed by atoms with Crippen LogP contribution < -0.4 is 14.8 Å². The van der Waals surface area contributed by atoms with E-state index in [0.29, 0.717) is 11.6 Å². The van der Waals surface area contributed by atoms with Gasteiger partial charge in [-0.25, -0.2) is 16.8 Å². The average Bonchev–Trinajstić information content (AvgIpc) is 2.59. The van der Waals surface area contributed by atoms with E-state index in [1.165, 1.54) is 6.07 Å². The lowest BCUT2D eigenvalue weighted by molar-refractivity contribution is -0.118. The lowest BCUT2D eigenvalue weighted by Gasteiger charge is -2.22. The minimum absolute atomic E-state index is 0.00490. The van der Waals surface area contributed by atoms with E-state index in [2.05, 4.69) is 10.0 Å². The van der Waals surface area contributed by atoms with Crippen molar-refractivity contribution >= 4 is 37.1 Å². The molecule has 0 atom stereocenters. The average molecular weight is 425 g/mol. The Morgan fingerprint density at radius 1 is 1.07 bits per heavy atom. The monoisotopic (exact) mass is 424 g/mol. The van der Waals surface area contributed by atoms with E-state index >= 15 is 0 Å². The van der Waals surface area contributed by atoms with Gasteiger partial charge in [0.1, 0.15) is 4.90 Å². The fourth-order valence-electron chi connectivity index (χ4n) is 2.70. The smallest absolute Gasteiger partial charge is 0.265 e. The molecular weight excluding hydrogens is 404 g/mol. The number of anilines is 2. The molecule has 0 saturated heterocycles. The lowest BCUT2D eigenvalue weighted by atomic mass is 10.0. The Kier molecular flexibility index (Phi) is 5.11.